The van der Waals surface area contributed by atoms with E-state index in [4.69, 9.17) is 9.47 Å². The second-order valence-electron chi connectivity index (χ2n) is 8.05. The maximum absolute atomic E-state index is 12.4. The molecule has 31 heavy (non-hydrogen) atoms. The summed E-state index contributed by atoms with van der Waals surface area (Å²) in [5.74, 6) is 0. The minimum absolute atomic E-state index is 0.148. The van der Waals surface area contributed by atoms with E-state index >= 15 is 0 Å². The molecule has 2 aliphatic heterocycles. The number of carbonyl (C=O) groups excluding carboxylic acids is 2. The van der Waals surface area contributed by atoms with Crippen molar-refractivity contribution in [2.45, 2.75) is 49.5 Å². The van der Waals surface area contributed by atoms with E-state index < -0.39 is 15.9 Å². The molecule has 0 aliphatic carbocycles. The van der Waals surface area contributed by atoms with Gasteiger partial charge in [-0.3, -0.25) is 9.69 Å². The zero-order valence-corrected chi connectivity index (χ0v) is 18.8. The molecule has 3 atom stereocenters. The summed E-state index contributed by atoms with van der Waals surface area (Å²) in [6, 6.07) is 6.35. The fourth-order valence-corrected chi connectivity index (χ4v) is 4.75. The Morgan fingerprint density at radius 1 is 1.19 bits per heavy atom. The molecule has 0 radical (unpaired) electrons. The van der Waals surface area contributed by atoms with Gasteiger partial charge in [-0.15, -0.1) is 0 Å². The van der Waals surface area contributed by atoms with E-state index in [1.165, 1.54) is 0 Å². The number of carbonyl (C=O) groups is 2. The fraction of sp³-hybridized carbons (Fsp3) is 0.619. The largest absolute Gasteiger partial charge is 0.448 e. The summed E-state index contributed by atoms with van der Waals surface area (Å²) >= 11 is 0. The maximum Gasteiger partial charge on any atom is 0.410 e. The van der Waals surface area contributed by atoms with Gasteiger partial charge in [-0.25, -0.2) is 13.2 Å². The average Bonchev–Trinajstić information content (AvgIpc) is 2.88. The van der Waals surface area contributed by atoms with Crippen molar-refractivity contribution in [3.63, 3.8) is 0 Å². The molecule has 172 valence electrons. The summed E-state index contributed by atoms with van der Waals surface area (Å²) < 4.78 is 34.1. The SMILES string of the molecule is CC1C(c2ccc(S(C)(=O)=O)cc2)OC(=O)N1CCCCN1CCNCCC1OC=O. The monoisotopic (exact) mass is 453 g/mol. The first kappa shape index (κ1) is 23.5. The maximum atomic E-state index is 12.4. The molecule has 2 fully saturated rings. The van der Waals surface area contributed by atoms with Gasteiger partial charge in [0, 0.05) is 45.4 Å². The Morgan fingerprint density at radius 3 is 2.58 bits per heavy atom. The van der Waals surface area contributed by atoms with Gasteiger partial charge in [-0.05, 0) is 37.5 Å². The Bertz CT molecular complexity index is 860. The van der Waals surface area contributed by atoms with Crippen LogP contribution in [0.5, 0.6) is 0 Å². The van der Waals surface area contributed by atoms with Crippen LogP contribution in [-0.4, -0.2) is 82.0 Å². The van der Waals surface area contributed by atoms with E-state index in [2.05, 4.69) is 10.2 Å². The third kappa shape index (κ3) is 5.96. The van der Waals surface area contributed by atoms with Crippen molar-refractivity contribution in [2.24, 2.45) is 0 Å². The molecule has 3 rings (SSSR count). The normalized spacial score (nSPS) is 25.2. The topological polar surface area (TPSA) is 105 Å². The van der Waals surface area contributed by atoms with Gasteiger partial charge < -0.3 is 19.7 Å². The van der Waals surface area contributed by atoms with Gasteiger partial charge in [0.25, 0.3) is 6.47 Å². The van der Waals surface area contributed by atoms with Gasteiger partial charge in [0.2, 0.25) is 0 Å². The highest BCUT2D eigenvalue weighted by Crippen LogP contribution is 2.33. The number of rotatable bonds is 9. The number of nitrogens with one attached hydrogen (secondary N) is 1. The molecule has 2 saturated heterocycles. The Kier molecular flexibility index (Phi) is 7.90. The van der Waals surface area contributed by atoms with Crippen LogP contribution < -0.4 is 5.32 Å². The molecule has 1 aromatic rings. The lowest BCUT2D eigenvalue weighted by Crippen LogP contribution is -2.39. The predicted octanol–water partition coefficient (Wildman–Crippen LogP) is 1.55. The van der Waals surface area contributed by atoms with Gasteiger partial charge in [-0.2, -0.15) is 0 Å². The van der Waals surface area contributed by atoms with Crippen molar-refractivity contribution in [1.82, 2.24) is 15.1 Å². The minimum atomic E-state index is -3.27. The number of ether oxygens (including phenoxy) is 2. The molecular weight excluding hydrogens is 422 g/mol. The predicted molar refractivity (Wildman–Crippen MR) is 114 cm³/mol. The van der Waals surface area contributed by atoms with Crippen LogP contribution in [0, 0.1) is 0 Å². The summed E-state index contributed by atoms with van der Waals surface area (Å²) in [5.41, 5.74) is 0.779. The minimum Gasteiger partial charge on any atom is -0.448 e. The summed E-state index contributed by atoms with van der Waals surface area (Å²) in [7, 11) is -3.27. The zero-order chi connectivity index (χ0) is 22.4. The van der Waals surface area contributed by atoms with E-state index in [0.717, 1.165) is 57.3 Å². The number of cyclic esters (lactones) is 1. The Hall–Kier alpha value is -2.17. The quantitative estimate of drug-likeness (QED) is 0.444. The third-order valence-corrected chi connectivity index (χ3v) is 7.02. The molecule has 0 bridgehead atoms. The first-order valence-electron chi connectivity index (χ1n) is 10.6. The summed E-state index contributed by atoms with van der Waals surface area (Å²) in [6.07, 6.45) is 2.60. The third-order valence-electron chi connectivity index (χ3n) is 5.89. The van der Waals surface area contributed by atoms with E-state index in [0.29, 0.717) is 13.0 Å². The lowest BCUT2D eigenvalue weighted by Gasteiger charge is -2.28. The number of benzene rings is 1. The molecule has 1 aromatic carbocycles. The molecule has 0 aromatic heterocycles. The van der Waals surface area contributed by atoms with Crippen molar-refractivity contribution < 1.29 is 27.5 Å². The number of hydrogen-bond donors (Lipinski definition) is 1. The molecule has 1 amide bonds. The van der Waals surface area contributed by atoms with E-state index in [1.54, 1.807) is 29.2 Å². The fourth-order valence-electron chi connectivity index (χ4n) is 4.12. The second-order valence-corrected chi connectivity index (χ2v) is 10.1. The smallest absolute Gasteiger partial charge is 0.410 e. The Morgan fingerprint density at radius 2 is 1.90 bits per heavy atom. The van der Waals surface area contributed by atoms with Crippen molar-refractivity contribution in [3.8, 4) is 0 Å². The van der Waals surface area contributed by atoms with Crippen LogP contribution in [0.3, 0.4) is 0 Å². The molecule has 2 heterocycles. The second kappa shape index (κ2) is 10.4. The number of sulfone groups is 1. The van der Waals surface area contributed by atoms with Gasteiger partial charge in [0.15, 0.2) is 16.1 Å². The van der Waals surface area contributed by atoms with Gasteiger partial charge in [0.1, 0.15) is 6.10 Å². The summed E-state index contributed by atoms with van der Waals surface area (Å²) in [6.45, 7) is 6.29. The average molecular weight is 454 g/mol. The van der Waals surface area contributed by atoms with Crippen molar-refractivity contribution in [3.05, 3.63) is 29.8 Å². The number of unbranched alkanes of at least 4 members (excludes halogenated alkanes) is 1. The van der Waals surface area contributed by atoms with Crippen molar-refractivity contribution in [1.29, 1.82) is 0 Å². The standard InChI is InChI=1S/C21H31N3O6S/c1-16-20(17-5-7-18(8-6-17)31(2,27)28)30-21(26)24(16)13-4-3-12-23-14-11-22-10-9-19(23)29-15-25/h5-8,15-16,19-20,22H,3-4,9-14H2,1-2H3. The molecule has 3 unspecified atom stereocenters. The zero-order valence-electron chi connectivity index (χ0n) is 18.0. The number of hydrogen-bond acceptors (Lipinski definition) is 8. The molecule has 0 spiro atoms. The first-order chi connectivity index (χ1) is 14.8. The van der Waals surface area contributed by atoms with Crippen LogP contribution in [0.2, 0.25) is 0 Å². The number of amides is 1. The molecule has 9 nitrogen and oxygen atoms in total. The highest BCUT2D eigenvalue weighted by molar-refractivity contribution is 7.90. The van der Waals surface area contributed by atoms with Crippen LogP contribution in [0.4, 0.5) is 4.79 Å². The van der Waals surface area contributed by atoms with Crippen molar-refractivity contribution in [2.75, 3.05) is 39.0 Å². The Balaban J connectivity index is 1.52. The highest BCUT2D eigenvalue weighted by Gasteiger charge is 2.39. The van der Waals surface area contributed by atoms with Crippen LogP contribution in [0.15, 0.2) is 29.2 Å². The molecule has 10 heteroatoms. The van der Waals surface area contributed by atoms with Crippen LogP contribution in [0.25, 0.3) is 0 Å². The van der Waals surface area contributed by atoms with Crippen molar-refractivity contribution >= 4 is 22.4 Å². The van der Waals surface area contributed by atoms with Gasteiger partial charge >= 0.3 is 6.09 Å². The molecule has 1 N–H and O–H groups in total. The molecule has 2 aliphatic rings. The van der Waals surface area contributed by atoms with E-state index in [1.807, 2.05) is 6.92 Å². The number of nitrogens with zero attached hydrogens (tertiary/aromatic N) is 2. The van der Waals surface area contributed by atoms with Crippen LogP contribution >= 0.6 is 0 Å². The Labute approximate surface area is 183 Å². The lowest BCUT2D eigenvalue weighted by molar-refractivity contribution is -0.143. The first-order valence-corrected chi connectivity index (χ1v) is 12.5. The van der Waals surface area contributed by atoms with E-state index in [-0.39, 0.29) is 23.3 Å². The molecular formula is C21H31N3O6S. The van der Waals surface area contributed by atoms with Crippen LogP contribution in [0.1, 0.15) is 37.9 Å². The van der Waals surface area contributed by atoms with Crippen LogP contribution in [-0.2, 0) is 24.1 Å². The van der Waals surface area contributed by atoms with Gasteiger partial charge in [-0.1, -0.05) is 12.1 Å². The van der Waals surface area contributed by atoms with E-state index in [9.17, 15) is 18.0 Å². The summed E-state index contributed by atoms with van der Waals surface area (Å²) in [4.78, 5) is 27.3. The summed E-state index contributed by atoms with van der Waals surface area (Å²) in [5, 5.41) is 3.30. The lowest BCUT2D eigenvalue weighted by atomic mass is 10.0. The van der Waals surface area contributed by atoms with Gasteiger partial charge in [0.05, 0.1) is 10.9 Å². The molecule has 0 saturated carbocycles. The highest BCUT2D eigenvalue weighted by atomic mass is 32.2.